The minimum Gasteiger partial charge on any atom is -0.303 e. The molecule has 19 heavy (non-hydrogen) atoms. The number of aromatic nitrogens is 3. The number of benzene rings is 1. The molecule has 0 bridgehead atoms. The van der Waals surface area contributed by atoms with Crippen molar-refractivity contribution in [1.82, 2.24) is 20.1 Å². The second-order valence-corrected chi connectivity index (χ2v) is 4.56. The van der Waals surface area contributed by atoms with Crippen LogP contribution >= 0.6 is 0 Å². The molecule has 0 aliphatic heterocycles. The van der Waals surface area contributed by atoms with Crippen molar-refractivity contribution in [1.29, 1.82) is 0 Å². The van der Waals surface area contributed by atoms with E-state index in [1.54, 1.807) is 25.0 Å². The highest BCUT2D eigenvalue weighted by atomic mass is 19.1. The second-order valence-electron chi connectivity index (χ2n) is 4.56. The van der Waals surface area contributed by atoms with Crippen LogP contribution in [0.1, 0.15) is 29.9 Å². The topological polar surface area (TPSA) is 42.7 Å². The van der Waals surface area contributed by atoms with E-state index >= 15 is 0 Å². The van der Waals surface area contributed by atoms with Crippen LogP contribution in [0.15, 0.2) is 18.5 Å². The molecule has 0 amide bonds. The summed E-state index contributed by atoms with van der Waals surface area (Å²) in [7, 11) is 1.77. The highest BCUT2D eigenvalue weighted by Crippen LogP contribution is 2.20. The van der Waals surface area contributed by atoms with E-state index < -0.39 is 11.6 Å². The summed E-state index contributed by atoms with van der Waals surface area (Å²) in [5, 5.41) is 7.18. The zero-order valence-electron chi connectivity index (χ0n) is 11.1. The second kappa shape index (κ2) is 5.44. The molecular formula is C13H16F2N4. The summed E-state index contributed by atoms with van der Waals surface area (Å²) in [5.74, 6) is -0.198. The summed E-state index contributed by atoms with van der Waals surface area (Å²) in [6.07, 6.45) is 1.59. The average Bonchev–Trinajstić information content (AvgIpc) is 2.77. The van der Waals surface area contributed by atoms with Crippen molar-refractivity contribution in [3.63, 3.8) is 0 Å². The van der Waals surface area contributed by atoms with Crippen LogP contribution in [-0.2, 0) is 13.6 Å². The van der Waals surface area contributed by atoms with E-state index in [2.05, 4.69) is 15.4 Å². The van der Waals surface area contributed by atoms with Crippen LogP contribution < -0.4 is 5.32 Å². The molecule has 0 saturated carbocycles. The summed E-state index contributed by atoms with van der Waals surface area (Å²) >= 11 is 0. The van der Waals surface area contributed by atoms with Gasteiger partial charge in [0.15, 0.2) is 5.82 Å². The van der Waals surface area contributed by atoms with E-state index in [9.17, 15) is 8.78 Å². The van der Waals surface area contributed by atoms with Crippen LogP contribution in [0.25, 0.3) is 0 Å². The van der Waals surface area contributed by atoms with Crippen molar-refractivity contribution < 1.29 is 8.78 Å². The van der Waals surface area contributed by atoms with E-state index in [4.69, 9.17) is 0 Å². The average molecular weight is 266 g/mol. The maximum atomic E-state index is 13.8. The van der Waals surface area contributed by atoms with E-state index in [0.717, 1.165) is 0 Å². The summed E-state index contributed by atoms with van der Waals surface area (Å²) in [6.45, 7) is 3.71. The maximum absolute atomic E-state index is 13.8. The van der Waals surface area contributed by atoms with Crippen molar-refractivity contribution >= 4 is 0 Å². The Bertz CT molecular complexity index is 580. The van der Waals surface area contributed by atoms with Crippen LogP contribution in [0.2, 0.25) is 0 Å². The first-order valence-electron chi connectivity index (χ1n) is 6.01. The first kappa shape index (κ1) is 13.6. The fourth-order valence-corrected chi connectivity index (χ4v) is 1.81. The van der Waals surface area contributed by atoms with E-state index in [1.165, 1.54) is 19.1 Å². The molecule has 2 rings (SSSR count). The third kappa shape index (κ3) is 3.14. The summed E-state index contributed by atoms with van der Waals surface area (Å²) in [4.78, 5) is 4.06. The predicted octanol–water partition coefficient (Wildman–Crippen LogP) is 2.25. The highest BCUT2D eigenvalue weighted by Gasteiger charge is 2.14. The fourth-order valence-electron chi connectivity index (χ4n) is 1.81. The van der Waals surface area contributed by atoms with Gasteiger partial charge in [-0.3, -0.25) is 4.68 Å². The van der Waals surface area contributed by atoms with Crippen LogP contribution in [0.3, 0.4) is 0 Å². The Morgan fingerprint density at radius 3 is 2.68 bits per heavy atom. The quantitative estimate of drug-likeness (QED) is 0.923. The van der Waals surface area contributed by atoms with Gasteiger partial charge >= 0.3 is 0 Å². The van der Waals surface area contributed by atoms with Crippen molar-refractivity contribution in [3.8, 4) is 0 Å². The molecule has 0 spiro atoms. The zero-order chi connectivity index (χ0) is 14.0. The molecule has 1 N–H and O–H groups in total. The number of hydrogen-bond acceptors (Lipinski definition) is 3. The molecule has 1 heterocycles. The van der Waals surface area contributed by atoms with Crippen molar-refractivity contribution in [2.75, 3.05) is 0 Å². The molecule has 0 radical (unpaired) electrons. The summed E-state index contributed by atoms with van der Waals surface area (Å²) in [6, 6.07) is 2.12. The Morgan fingerprint density at radius 1 is 1.32 bits per heavy atom. The lowest BCUT2D eigenvalue weighted by Crippen LogP contribution is -2.20. The predicted molar refractivity (Wildman–Crippen MR) is 67.4 cm³/mol. The fraction of sp³-hybridized carbons (Fsp3) is 0.385. The molecule has 0 saturated heterocycles. The molecule has 1 aromatic heterocycles. The molecule has 0 fully saturated rings. The SMILES string of the molecule is Cc1cc(F)c(C(C)NCc2ncn(C)n2)cc1F. The van der Waals surface area contributed by atoms with E-state index in [1.807, 2.05) is 0 Å². The van der Waals surface area contributed by atoms with Gasteiger partial charge in [0.1, 0.15) is 18.0 Å². The Morgan fingerprint density at radius 2 is 2.05 bits per heavy atom. The smallest absolute Gasteiger partial charge is 0.164 e. The molecular weight excluding hydrogens is 250 g/mol. The lowest BCUT2D eigenvalue weighted by Gasteiger charge is -2.14. The minimum absolute atomic E-state index is 0.305. The van der Waals surface area contributed by atoms with Crippen molar-refractivity contribution in [2.45, 2.75) is 26.4 Å². The largest absolute Gasteiger partial charge is 0.303 e. The Kier molecular flexibility index (Phi) is 3.90. The first-order valence-corrected chi connectivity index (χ1v) is 6.01. The number of rotatable bonds is 4. The molecule has 6 heteroatoms. The number of hydrogen-bond donors (Lipinski definition) is 1. The molecule has 0 aliphatic carbocycles. The number of nitrogens with one attached hydrogen (secondary N) is 1. The van der Waals surface area contributed by atoms with Gasteiger partial charge in [0.25, 0.3) is 0 Å². The summed E-state index contributed by atoms with van der Waals surface area (Å²) in [5.41, 5.74) is 0.610. The van der Waals surface area contributed by atoms with Crippen molar-refractivity contribution in [3.05, 3.63) is 47.0 Å². The molecule has 1 aromatic carbocycles. The van der Waals surface area contributed by atoms with Crippen LogP contribution in [0, 0.1) is 18.6 Å². The van der Waals surface area contributed by atoms with Gasteiger partial charge < -0.3 is 5.32 Å². The minimum atomic E-state index is -0.409. The molecule has 2 aromatic rings. The molecule has 1 atom stereocenters. The molecule has 0 aliphatic rings. The number of halogens is 2. The van der Waals surface area contributed by atoms with Crippen LogP contribution in [0.4, 0.5) is 8.78 Å². The zero-order valence-corrected chi connectivity index (χ0v) is 11.1. The van der Waals surface area contributed by atoms with Gasteiger partial charge in [0.05, 0.1) is 6.54 Å². The van der Waals surface area contributed by atoms with Gasteiger partial charge in [0.2, 0.25) is 0 Å². The van der Waals surface area contributed by atoms with Crippen molar-refractivity contribution in [2.24, 2.45) is 7.05 Å². The number of aryl methyl sites for hydroxylation is 2. The van der Waals surface area contributed by atoms with Gasteiger partial charge in [-0.05, 0) is 31.5 Å². The van der Waals surface area contributed by atoms with E-state index in [-0.39, 0.29) is 6.04 Å². The van der Waals surface area contributed by atoms with Gasteiger partial charge in [-0.25, -0.2) is 13.8 Å². The van der Waals surface area contributed by atoms with Gasteiger partial charge in [-0.15, -0.1) is 0 Å². The number of nitrogens with zero attached hydrogens (tertiary/aromatic N) is 3. The Balaban J connectivity index is 2.07. The van der Waals surface area contributed by atoms with Gasteiger partial charge in [-0.2, -0.15) is 5.10 Å². The van der Waals surface area contributed by atoms with Gasteiger partial charge in [-0.1, -0.05) is 0 Å². The maximum Gasteiger partial charge on any atom is 0.164 e. The third-order valence-electron chi connectivity index (χ3n) is 2.96. The third-order valence-corrected chi connectivity index (χ3v) is 2.96. The van der Waals surface area contributed by atoms with Gasteiger partial charge in [0, 0.05) is 18.7 Å². The Labute approximate surface area is 110 Å². The molecule has 1 unspecified atom stereocenters. The first-order chi connectivity index (χ1) is 8.97. The lowest BCUT2D eigenvalue weighted by atomic mass is 10.1. The van der Waals surface area contributed by atoms with Crippen LogP contribution in [0.5, 0.6) is 0 Å². The van der Waals surface area contributed by atoms with Crippen LogP contribution in [-0.4, -0.2) is 14.8 Å². The normalized spacial score (nSPS) is 12.7. The Hall–Kier alpha value is -1.82. The monoisotopic (exact) mass is 266 g/mol. The lowest BCUT2D eigenvalue weighted by molar-refractivity contribution is 0.509. The summed E-state index contributed by atoms with van der Waals surface area (Å²) < 4.78 is 28.8. The molecule has 4 nitrogen and oxygen atoms in total. The molecule has 102 valence electrons. The highest BCUT2D eigenvalue weighted by molar-refractivity contribution is 5.27. The van der Waals surface area contributed by atoms with E-state index in [0.29, 0.717) is 23.5 Å². The standard InChI is InChI=1S/C13H16F2N4/c1-8-4-12(15)10(5-11(8)14)9(2)16-6-13-17-7-19(3)18-13/h4-5,7,9,16H,6H2,1-3H3.